The topological polar surface area (TPSA) is 157 Å². The van der Waals surface area contributed by atoms with Gasteiger partial charge in [0.15, 0.2) is 0 Å². The number of aliphatic hydroxyl groups is 1. The van der Waals surface area contributed by atoms with Gasteiger partial charge in [-0.2, -0.15) is 26.3 Å². The smallest absolute Gasteiger partial charge is 0.412 e. The first-order valence-corrected chi connectivity index (χ1v) is 27.7. The van der Waals surface area contributed by atoms with Gasteiger partial charge in [0.25, 0.3) is 0 Å². The number of hydrogen-bond acceptors (Lipinski definition) is 9. The zero-order valence-electron chi connectivity index (χ0n) is 42.6. The minimum absolute atomic E-state index is 0. The highest BCUT2D eigenvalue weighted by Crippen LogP contribution is 2.21. The molecule has 0 aliphatic rings. The molecule has 0 aliphatic heterocycles. The van der Waals surface area contributed by atoms with E-state index in [1.807, 2.05) is 27.7 Å². The molecule has 0 atom stereocenters. The average Bonchev–Trinajstić information content (AvgIpc) is 3.27. The van der Waals surface area contributed by atoms with Gasteiger partial charge < -0.3 is 52.1 Å². The molecule has 0 heterocycles. The fourth-order valence-corrected chi connectivity index (χ4v) is 10.1. The lowest BCUT2D eigenvalue weighted by Gasteiger charge is -2.24. The lowest BCUT2D eigenvalue weighted by molar-refractivity contribution is -0.174. The Hall–Kier alpha value is -0.426. The lowest BCUT2D eigenvalue weighted by Crippen LogP contribution is -2.42. The average molecular weight is 1010 g/mol. The van der Waals surface area contributed by atoms with Crippen LogP contribution in [0.3, 0.4) is 0 Å². The van der Waals surface area contributed by atoms with Gasteiger partial charge in [-0.05, 0) is 25.7 Å². The maximum atomic E-state index is 11.9. The normalized spacial score (nSPS) is 11.2. The van der Waals surface area contributed by atoms with E-state index in [1.165, 1.54) is 116 Å². The van der Waals surface area contributed by atoms with E-state index in [1.54, 1.807) is 42.7 Å². The number of aliphatic hydroxyl groups excluding tert-OH is 1. The Morgan fingerprint density at radius 2 is 0.477 bits per heavy atom. The van der Waals surface area contributed by atoms with Crippen LogP contribution < -0.4 is 0 Å². The summed E-state index contributed by atoms with van der Waals surface area (Å²) in [4.78, 5) is 0. The predicted molar refractivity (Wildman–Crippen MR) is 262 cm³/mol. The van der Waals surface area contributed by atoms with E-state index in [4.69, 9.17) is 31.7 Å². The summed E-state index contributed by atoms with van der Waals surface area (Å²) in [6, 6.07) is 1.76. The fourth-order valence-electron chi connectivity index (χ4n) is 6.47. The number of unbranched alkanes of at least 4 members (excludes halogenated alkanes) is 24. The van der Waals surface area contributed by atoms with Gasteiger partial charge in [0.2, 0.25) is 0 Å². The number of alkyl halides is 6. The van der Waals surface area contributed by atoms with Crippen molar-refractivity contribution in [1.29, 1.82) is 0 Å². The molecule has 11 nitrogen and oxygen atoms in total. The summed E-state index contributed by atoms with van der Waals surface area (Å²) in [7, 11) is 6.19. The summed E-state index contributed by atoms with van der Waals surface area (Å²) in [6.45, 7) is 6.18. The zero-order valence-corrected chi connectivity index (χ0v) is 44.6. The summed E-state index contributed by atoms with van der Waals surface area (Å²) in [5.41, 5.74) is 0. The van der Waals surface area contributed by atoms with Gasteiger partial charge in [-0.15, -0.1) is 0 Å². The number of ether oxygens (including phenoxy) is 2. The highest BCUT2D eigenvalue weighted by molar-refractivity contribution is 6.60. The maximum absolute atomic E-state index is 11.9. The maximum Gasteiger partial charge on any atom is 0.500 e. The van der Waals surface area contributed by atoms with Gasteiger partial charge in [0.1, 0.15) is 13.2 Å². The van der Waals surface area contributed by atoms with E-state index in [9.17, 15) is 26.3 Å². The van der Waals surface area contributed by atoms with E-state index < -0.39 is 43.2 Å². The molecule has 0 saturated heterocycles. The molecule has 0 bridgehead atoms. The van der Waals surface area contributed by atoms with Crippen LogP contribution in [0.15, 0.2) is 0 Å². The van der Waals surface area contributed by atoms with Crippen LogP contribution in [0.1, 0.15) is 202 Å². The first kappa shape index (κ1) is 81.5. The van der Waals surface area contributed by atoms with Crippen LogP contribution in [0.25, 0.3) is 0 Å². The van der Waals surface area contributed by atoms with E-state index in [2.05, 4.69) is 9.47 Å². The minimum Gasteiger partial charge on any atom is -0.412 e. The van der Waals surface area contributed by atoms with Crippen molar-refractivity contribution in [3.63, 3.8) is 0 Å². The van der Waals surface area contributed by atoms with E-state index >= 15 is 0 Å². The second-order valence-corrected chi connectivity index (χ2v) is 20.8. The molecule has 0 amide bonds. The Morgan fingerprint density at radius 1 is 0.323 bits per heavy atom. The number of hydrogen-bond donors (Lipinski definition) is 1. The third-order valence-corrected chi connectivity index (χ3v) is 15.6. The molecule has 0 saturated carbocycles. The zero-order chi connectivity index (χ0) is 48.3. The summed E-state index contributed by atoms with van der Waals surface area (Å²) >= 11 is 0. The minimum atomic E-state index is -4.20. The Labute approximate surface area is 397 Å². The van der Waals surface area contributed by atoms with Gasteiger partial charge in [-0.25, -0.2) is 0 Å². The quantitative estimate of drug-likeness (QED) is 0.0358. The number of rotatable bonds is 40. The first-order valence-electron chi connectivity index (χ1n) is 23.8. The van der Waals surface area contributed by atoms with Gasteiger partial charge >= 0.3 is 30.0 Å². The van der Waals surface area contributed by atoms with Gasteiger partial charge in [0.05, 0.1) is 0 Å². The summed E-state index contributed by atoms with van der Waals surface area (Å²) in [5, 5.41) is 7.00. The molecule has 0 rings (SSSR count). The monoisotopic (exact) mass is 1000 g/mol. The molecule has 5 N–H and O–H groups in total. The summed E-state index contributed by atoms with van der Waals surface area (Å²) in [6.07, 6.45) is 21.8. The van der Waals surface area contributed by atoms with E-state index in [0.29, 0.717) is 0 Å². The van der Waals surface area contributed by atoms with Gasteiger partial charge in [0, 0.05) is 75.1 Å². The molecule has 0 radical (unpaired) electrons. The van der Waals surface area contributed by atoms with Gasteiger partial charge in [-0.1, -0.05) is 176 Å². The van der Waals surface area contributed by atoms with Crippen LogP contribution in [0.5, 0.6) is 0 Å². The molecular weight excluding hydrogens is 899 g/mol. The summed E-state index contributed by atoms with van der Waals surface area (Å²) < 4.78 is 113. The van der Waals surface area contributed by atoms with Crippen molar-refractivity contribution >= 4 is 17.6 Å². The molecule has 0 aromatic carbocycles. The standard InChI is InChI=1S/2C20H41F3O4Si.2C2H6.CH4O.CH4.2H2O/c2*1-24-28(25-2,26-3)18-16-14-12-10-8-6-4-5-7-9-11-13-15-17-27-19-20(21,22)23;3*1-2;;;/h2*4-19H2,1-3H3;2*1-2H3;2H,1H3;1H4;2*1H2. The molecule has 0 spiro atoms. The highest BCUT2D eigenvalue weighted by Gasteiger charge is 2.37. The molecule has 65 heavy (non-hydrogen) atoms. The van der Waals surface area contributed by atoms with Crippen LogP contribution in [-0.4, -0.2) is 122 Å². The second-order valence-electron chi connectivity index (χ2n) is 14.6. The van der Waals surface area contributed by atoms with Crippen molar-refractivity contribution in [2.45, 2.75) is 227 Å². The molecular formula is C46H106F6O11Si2. The van der Waals surface area contributed by atoms with Crippen LogP contribution in [0.2, 0.25) is 12.1 Å². The number of halogens is 6. The van der Waals surface area contributed by atoms with Crippen molar-refractivity contribution < 1.29 is 78.4 Å². The van der Waals surface area contributed by atoms with Crippen molar-refractivity contribution in [3.8, 4) is 0 Å². The van der Waals surface area contributed by atoms with Crippen LogP contribution >= 0.6 is 0 Å². The van der Waals surface area contributed by atoms with Crippen LogP contribution in [0.4, 0.5) is 26.3 Å². The van der Waals surface area contributed by atoms with Crippen molar-refractivity contribution in [2.24, 2.45) is 0 Å². The molecule has 0 aromatic heterocycles. The van der Waals surface area contributed by atoms with Crippen LogP contribution in [-0.2, 0) is 36.0 Å². The SMILES string of the molecule is C.CC.CC.CO.CO[Si](CCCCCCCCCCCCCCCOCC(F)(F)F)(OC)OC.CO[Si](CCCCCCCCCCCCCCCOCC(F)(F)F)(OC)OC.O.O. The van der Waals surface area contributed by atoms with Gasteiger partial charge in [-0.3, -0.25) is 0 Å². The summed E-state index contributed by atoms with van der Waals surface area (Å²) in [5.74, 6) is 0. The lowest BCUT2D eigenvalue weighted by atomic mass is 10.0. The molecule has 19 heteroatoms. The van der Waals surface area contributed by atoms with E-state index in [-0.39, 0.29) is 31.6 Å². The molecule has 0 aromatic rings. The van der Waals surface area contributed by atoms with Crippen molar-refractivity contribution in [2.75, 3.05) is 76.2 Å². The fraction of sp³-hybridized carbons (Fsp3) is 1.00. The first-order chi connectivity index (χ1) is 29.8. The highest BCUT2D eigenvalue weighted by atomic mass is 28.4. The Morgan fingerprint density at radius 3 is 0.631 bits per heavy atom. The third-order valence-electron chi connectivity index (χ3n) is 9.94. The third kappa shape index (κ3) is 63.6. The second kappa shape index (κ2) is 61.6. The largest absolute Gasteiger partial charge is 0.500 e. The Balaban J connectivity index is -0.000000143. The molecule has 0 unspecified atom stereocenters. The Bertz CT molecular complexity index is 738. The molecule has 0 fully saturated rings. The van der Waals surface area contributed by atoms with Crippen LogP contribution in [0, 0.1) is 0 Å². The molecule has 406 valence electrons. The van der Waals surface area contributed by atoms with Crippen molar-refractivity contribution in [3.05, 3.63) is 0 Å². The van der Waals surface area contributed by atoms with E-state index in [0.717, 1.165) is 70.6 Å². The van der Waals surface area contributed by atoms with Crippen molar-refractivity contribution in [1.82, 2.24) is 0 Å². The molecule has 0 aliphatic carbocycles. The predicted octanol–water partition coefficient (Wildman–Crippen LogP) is 13.7. The Kier molecular flexibility index (Phi) is 77.3.